The number of aryl methyl sites for hydroxylation is 1. The zero-order chi connectivity index (χ0) is 15.7. The topological polar surface area (TPSA) is 38.7 Å². The minimum absolute atomic E-state index is 0.403. The normalized spacial score (nSPS) is 20.3. The van der Waals surface area contributed by atoms with Crippen LogP contribution in [-0.2, 0) is 15.7 Å². The van der Waals surface area contributed by atoms with Crippen molar-refractivity contribution in [1.82, 2.24) is 0 Å². The number of methoxy groups -OCH3 is 1. The number of hydrogen-bond acceptors (Lipinski definition) is 3. The van der Waals surface area contributed by atoms with Gasteiger partial charge in [-0.3, -0.25) is 0 Å². The van der Waals surface area contributed by atoms with Crippen molar-refractivity contribution in [3.8, 4) is 0 Å². The first-order valence-electron chi connectivity index (χ1n) is 6.79. The maximum absolute atomic E-state index is 12.7. The quantitative estimate of drug-likeness (QED) is 0.931. The van der Waals surface area contributed by atoms with Crippen LogP contribution in [-0.4, -0.2) is 31.0 Å². The van der Waals surface area contributed by atoms with E-state index in [9.17, 15) is 18.3 Å². The smallest absolute Gasteiger partial charge is 0.385 e. The van der Waals surface area contributed by atoms with Crippen molar-refractivity contribution in [2.24, 2.45) is 0 Å². The van der Waals surface area contributed by atoms with Crippen molar-refractivity contribution >= 4 is 0 Å². The third-order valence-corrected chi connectivity index (χ3v) is 4.14. The largest absolute Gasteiger partial charge is 0.416 e. The van der Waals surface area contributed by atoms with Crippen molar-refractivity contribution in [2.45, 2.75) is 37.6 Å². The molecule has 6 heteroatoms. The van der Waals surface area contributed by atoms with Crippen LogP contribution >= 0.6 is 0 Å². The van der Waals surface area contributed by atoms with Gasteiger partial charge in [0.05, 0.1) is 5.56 Å². The highest BCUT2D eigenvalue weighted by atomic mass is 19.4. The molecule has 1 aromatic rings. The molecule has 1 aliphatic rings. The Hall–Kier alpha value is -1.11. The molecule has 21 heavy (non-hydrogen) atoms. The highest BCUT2D eigenvalue weighted by Crippen LogP contribution is 2.39. The number of hydrogen-bond donors (Lipinski definition) is 1. The van der Waals surface area contributed by atoms with E-state index in [0.717, 1.165) is 12.1 Å². The average Bonchev–Trinajstić information content (AvgIpc) is 2.46. The standard InChI is InChI=1S/C15H19F3O3/c1-10-9-11(15(16,17)18)3-4-12(10)13(19)14(20-2)5-7-21-8-6-14/h3-4,9,13,19H,5-8H2,1-2H3. The van der Waals surface area contributed by atoms with Crippen molar-refractivity contribution < 1.29 is 27.8 Å². The van der Waals surface area contributed by atoms with Crippen LogP contribution in [0.5, 0.6) is 0 Å². The maximum atomic E-state index is 12.7. The fraction of sp³-hybridized carbons (Fsp3) is 0.600. The first kappa shape index (κ1) is 16.3. The van der Waals surface area contributed by atoms with Crippen molar-refractivity contribution in [3.05, 3.63) is 34.9 Å². The van der Waals surface area contributed by atoms with Gasteiger partial charge in [0.25, 0.3) is 0 Å². The highest BCUT2D eigenvalue weighted by Gasteiger charge is 2.41. The van der Waals surface area contributed by atoms with Gasteiger partial charge in [-0.05, 0) is 30.2 Å². The molecule has 1 aliphatic heterocycles. The second-order valence-corrected chi connectivity index (χ2v) is 5.35. The number of aliphatic hydroxyl groups excluding tert-OH is 1. The Bertz CT molecular complexity index is 493. The van der Waals surface area contributed by atoms with Crippen LogP contribution in [0.2, 0.25) is 0 Å². The number of rotatable bonds is 3. The zero-order valence-corrected chi connectivity index (χ0v) is 12.0. The number of benzene rings is 1. The summed E-state index contributed by atoms with van der Waals surface area (Å²) in [6, 6.07) is 3.38. The Morgan fingerprint density at radius 2 is 1.90 bits per heavy atom. The Morgan fingerprint density at radius 3 is 2.38 bits per heavy atom. The van der Waals surface area contributed by atoms with Crippen LogP contribution in [0.25, 0.3) is 0 Å². The molecular weight excluding hydrogens is 285 g/mol. The lowest BCUT2D eigenvalue weighted by atomic mass is 9.82. The van der Waals surface area contributed by atoms with Crippen LogP contribution in [0.1, 0.15) is 35.6 Å². The maximum Gasteiger partial charge on any atom is 0.416 e. The summed E-state index contributed by atoms with van der Waals surface area (Å²) in [5.74, 6) is 0. The van der Waals surface area contributed by atoms with Gasteiger partial charge in [-0.2, -0.15) is 13.2 Å². The molecule has 0 aliphatic carbocycles. The average molecular weight is 304 g/mol. The van der Waals surface area contributed by atoms with Gasteiger partial charge in [-0.25, -0.2) is 0 Å². The van der Waals surface area contributed by atoms with E-state index in [1.54, 1.807) is 6.92 Å². The summed E-state index contributed by atoms with van der Waals surface area (Å²) in [4.78, 5) is 0. The fourth-order valence-electron chi connectivity index (χ4n) is 2.75. The molecule has 0 amide bonds. The lowest BCUT2D eigenvalue weighted by Gasteiger charge is -2.40. The minimum Gasteiger partial charge on any atom is -0.385 e. The minimum atomic E-state index is -4.38. The van der Waals surface area contributed by atoms with E-state index in [2.05, 4.69) is 0 Å². The van der Waals surface area contributed by atoms with E-state index < -0.39 is 23.4 Å². The predicted octanol–water partition coefficient (Wildman–Crippen LogP) is 3.24. The monoisotopic (exact) mass is 304 g/mol. The van der Waals surface area contributed by atoms with Crippen molar-refractivity contribution in [1.29, 1.82) is 0 Å². The first-order chi connectivity index (χ1) is 9.80. The lowest BCUT2D eigenvalue weighted by molar-refractivity contribution is -0.154. The predicted molar refractivity (Wildman–Crippen MR) is 70.9 cm³/mol. The Labute approximate surface area is 121 Å². The van der Waals surface area contributed by atoms with Crippen molar-refractivity contribution in [3.63, 3.8) is 0 Å². The molecular formula is C15H19F3O3. The summed E-state index contributed by atoms with van der Waals surface area (Å²) < 4.78 is 48.8. The molecule has 1 saturated heterocycles. The molecule has 1 N–H and O–H groups in total. The van der Waals surface area contributed by atoms with E-state index in [1.165, 1.54) is 13.2 Å². The first-order valence-corrected chi connectivity index (χ1v) is 6.79. The van der Waals surface area contributed by atoms with Crippen molar-refractivity contribution in [2.75, 3.05) is 20.3 Å². The molecule has 1 unspecified atom stereocenters. The molecule has 1 fully saturated rings. The van der Waals surface area contributed by atoms with Gasteiger partial charge in [0.1, 0.15) is 11.7 Å². The number of aliphatic hydroxyl groups is 1. The zero-order valence-electron chi connectivity index (χ0n) is 12.0. The van der Waals surface area contributed by atoms with Crippen LogP contribution in [0.3, 0.4) is 0 Å². The molecule has 0 radical (unpaired) electrons. The molecule has 1 heterocycles. The molecule has 3 nitrogen and oxygen atoms in total. The van der Waals surface area contributed by atoms with Gasteiger partial charge < -0.3 is 14.6 Å². The summed E-state index contributed by atoms with van der Waals surface area (Å²) in [5.41, 5.74) is -0.649. The van der Waals surface area contributed by atoms with Crippen LogP contribution < -0.4 is 0 Å². The number of alkyl halides is 3. The summed E-state index contributed by atoms with van der Waals surface area (Å²) in [7, 11) is 1.51. The molecule has 2 rings (SSSR count). The SMILES string of the molecule is COC1(C(O)c2ccc(C(F)(F)F)cc2C)CCOCC1. The van der Waals surface area contributed by atoms with Gasteiger partial charge in [-0.1, -0.05) is 6.07 Å². The summed E-state index contributed by atoms with van der Waals surface area (Å²) in [5, 5.41) is 10.6. The van der Waals surface area contributed by atoms with E-state index >= 15 is 0 Å². The summed E-state index contributed by atoms with van der Waals surface area (Å²) >= 11 is 0. The third kappa shape index (κ3) is 3.22. The van der Waals surface area contributed by atoms with Gasteiger partial charge >= 0.3 is 6.18 Å². The number of ether oxygens (including phenoxy) is 2. The second-order valence-electron chi connectivity index (χ2n) is 5.35. The Kier molecular flexibility index (Phi) is 4.60. The van der Waals surface area contributed by atoms with E-state index in [0.29, 0.717) is 37.2 Å². The van der Waals surface area contributed by atoms with Crippen LogP contribution in [0.15, 0.2) is 18.2 Å². The van der Waals surface area contributed by atoms with Crippen LogP contribution in [0.4, 0.5) is 13.2 Å². The third-order valence-electron chi connectivity index (χ3n) is 4.14. The number of halogens is 3. The molecule has 1 atom stereocenters. The molecule has 0 bridgehead atoms. The lowest BCUT2D eigenvalue weighted by Crippen LogP contribution is -2.44. The molecule has 0 aromatic heterocycles. The molecule has 1 aromatic carbocycles. The van der Waals surface area contributed by atoms with Gasteiger partial charge in [-0.15, -0.1) is 0 Å². The van der Waals surface area contributed by atoms with E-state index in [-0.39, 0.29) is 0 Å². The van der Waals surface area contributed by atoms with Gasteiger partial charge in [0.15, 0.2) is 0 Å². The Balaban J connectivity index is 2.32. The van der Waals surface area contributed by atoms with E-state index in [4.69, 9.17) is 9.47 Å². The highest BCUT2D eigenvalue weighted by molar-refractivity contribution is 5.35. The molecule has 118 valence electrons. The summed E-state index contributed by atoms with van der Waals surface area (Å²) in [6.45, 7) is 2.49. The Morgan fingerprint density at radius 1 is 1.29 bits per heavy atom. The second kappa shape index (κ2) is 5.94. The summed E-state index contributed by atoms with van der Waals surface area (Å²) in [6.07, 6.45) is -4.35. The van der Waals surface area contributed by atoms with Gasteiger partial charge in [0.2, 0.25) is 0 Å². The molecule has 0 saturated carbocycles. The van der Waals surface area contributed by atoms with Gasteiger partial charge in [0, 0.05) is 33.2 Å². The molecule has 0 spiro atoms. The van der Waals surface area contributed by atoms with E-state index in [1.807, 2.05) is 0 Å². The fourth-order valence-corrected chi connectivity index (χ4v) is 2.75. The van der Waals surface area contributed by atoms with Crippen LogP contribution in [0, 0.1) is 6.92 Å².